The molecular formula is C30H38FN. The van der Waals surface area contributed by atoms with Crippen molar-refractivity contribution in [3.05, 3.63) is 77.9 Å². The first-order valence-corrected chi connectivity index (χ1v) is 12.6. The Morgan fingerprint density at radius 1 is 0.562 bits per heavy atom. The molecule has 0 N–H and O–H groups in total. The second kappa shape index (κ2) is 13.2. The minimum Gasteiger partial charge on any atom is -0.224 e. The molecule has 3 aromatic rings. The van der Waals surface area contributed by atoms with Crippen molar-refractivity contribution in [1.29, 1.82) is 0 Å². The Balaban J connectivity index is 1.59. The predicted octanol–water partition coefficient (Wildman–Crippen LogP) is 9.19. The summed E-state index contributed by atoms with van der Waals surface area (Å²) < 4.78 is 14.7. The van der Waals surface area contributed by atoms with Gasteiger partial charge in [-0.1, -0.05) is 107 Å². The van der Waals surface area contributed by atoms with Crippen LogP contribution in [0.25, 0.3) is 22.3 Å². The van der Waals surface area contributed by atoms with E-state index in [1.165, 1.54) is 62.5 Å². The zero-order chi connectivity index (χ0) is 22.6. The number of hydrogen-bond donors (Lipinski definition) is 0. The number of nitrogens with zero attached hydrogens (tertiary/aromatic N) is 1. The Morgan fingerprint density at radius 3 is 1.72 bits per heavy atom. The lowest BCUT2D eigenvalue weighted by molar-refractivity contribution is 0.573. The number of aryl methyl sites for hydroxylation is 2. The summed E-state index contributed by atoms with van der Waals surface area (Å²) in [5.41, 5.74) is 6.07. The van der Waals surface area contributed by atoms with E-state index in [0.717, 1.165) is 36.1 Å². The zero-order valence-electron chi connectivity index (χ0n) is 19.9. The fourth-order valence-corrected chi connectivity index (χ4v) is 4.20. The first-order chi connectivity index (χ1) is 15.7. The van der Waals surface area contributed by atoms with Gasteiger partial charge in [0.1, 0.15) is 0 Å². The fourth-order valence-electron chi connectivity index (χ4n) is 4.20. The van der Waals surface area contributed by atoms with Crippen LogP contribution in [0, 0.1) is 5.95 Å². The number of hydrogen-bond acceptors (Lipinski definition) is 1. The molecule has 2 aromatic carbocycles. The Hall–Kier alpha value is -2.48. The number of aromatic nitrogens is 1. The molecule has 0 radical (unpaired) electrons. The van der Waals surface area contributed by atoms with E-state index in [2.05, 4.69) is 55.2 Å². The van der Waals surface area contributed by atoms with Crippen molar-refractivity contribution >= 4 is 0 Å². The summed E-state index contributed by atoms with van der Waals surface area (Å²) in [6.45, 7) is 4.46. The van der Waals surface area contributed by atoms with E-state index in [9.17, 15) is 4.39 Å². The third-order valence-corrected chi connectivity index (χ3v) is 6.25. The predicted molar refractivity (Wildman–Crippen MR) is 135 cm³/mol. The highest BCUT2D eigenvalue weighted by atomic mass is 19.1. The van der Waals surface area contributed by atoms with Gasteiger partial charge >= 0.3 is 0 Å². The SMILES string of the molecule is CCCCCCCc1ccc(-c2ccc(-c3ccc(CCCCCC)cc3)cc2)c(F)n1. The van der Waals surface area contributed by atoms with E-state index in [0.29, 0.717) is 5.56 Å². The minimum atomic E-state index is -0.365. The lowest BCUT2D eigenvalue weighted by Crippen LogP contribution is -1.96. The molecule has 2 heteroatoms. The molecule has 170 valence electrons. The van der Waals surface area contributed by atoms with Crippen molar-refractivity contribution in [2.45, 2.75) is 84.5 Å². The molecule has 32 heavy (non-hydrogen) atoms. The first-order valence-electron chi connectivity index (χ1n) is 12.6. The first kappa shape index (κ1) is 24.2. The molecule has 1 heterocycles. The number of benzene rings is 2. The maximum atomic E-state index is 14.7. The molecule has 0 bridgehead atoms. The number of unbranched alkanes of at least 4 members (excludes halogenated alkanes) is 7. The van der Waals surface area contributed by atoms with Gasteiger partial charge in [0.05, 0.1) is 0 Å². The van der Waals surface area contributed by atoms with E-state index in [4.69, 9.17) is 0 Å². The zero-order valence-corrected chi connectivity index (χ0v) is 19.9. The highest BCUT2D eigenvalue weighted by Crippen LogP contribution is 2.27. The van der Waals surface area contributed by atoms with Crippen molar-refractivity contribution in [3.63, 3.8) is 0 Å². The number of pyridine rings is 1. The van der Waals surface area contributed by atoms with Crippen LogP contribution in [0.1, 0.15) is 82.9 Å². The van der Waals surface area contributed by atoms with Crippen LogP contribution in [0.4, 0.5) is 4.39 Å². The van der Waals surface area contributed by atoms with Gasteiger partial charge in [0, 0.05) is 11.3 Å². The summed E-state index contributed by atoms with van der Waals surface area (Å²) in [4.78, 5) is 4.23. The third kappa shape index (κ3) is 7.29. The number of halogens is 1. The van der Waals surface area contributed by atoms with Crippen LogP contribution >= 0.6 is 0 Å². The summed E-state index contributed by atoms with van der Waals surface area (Å²) in [7, 11) is 0. The maximum Gasteiger partial charge on any atom is 0.220 e. The summed E-state index contributed by atoms with van der Waals surface area (Å²) in [6.07, 6.45) is 13.2. The third-order valence-electron chi connectivity index (χ3n) is 6.25. The number of rotatable bonds is 13. The molecule has 0 fully saturated rings. The average molecular weight is 432 g/mol. The minimum absolute atomic E-state index is 0.365. The van der Waals surface area contributed by atoms with Gasteiger partial charge in [0.25, 0.3) is 0 Å². The van der Waals surface area contributed by atoms with Crippen LogP contribution < -0.4 is 0 Å². The van der Waals surface area contributed by atoms with Crippen LogP contribution in [0.2, 0.25) is 0 Å². The van der Waals surface area contributed by atoms with Crippen molar-refractivity contribution in [2.24, 2.45) is 0 Å². The highest BCUT2D eigenvalue weighted by Gasteiger charge is 2.09. The normalized spacial score (nSPS) is 11.1. The maximum absolute atomic E-state index is 14.7. The molecule has 0 atom stereocenters. The van der Waals surface area contributed by atoms with Crippen molar-refractivity contribution in [1.82, 2.24) is 4.98 Å². The van der Waals surface area contributed by atoms with Crippen LogP contribution in [0.15, 0.2) is 60.7 Å². The quantitative estimate of drug-likeness (QED) is 0.194. The van der Waals surface area contributed by atoms with Crippen LogP contribution in [0.5, 0.6) is 0 Å². The second-order valence-electron chi connectivity index (χ2n) is 8.89. The standard InChI is InChI=1S/C30H38FN/c1-3-5-7-9-11-13-28-22-23-29(30(31)32-28)27-20-18-26(19-21-27)25-16-14-24(15-17-25)12-10-8-6-4-2/h14-23H,3-13H2,1-2H3. The molecule has 0 aliphatic heterocycles. The lowest BCUT2D eigenvalue weighted by Gasteiger charge is -2.08. The van der Waals surface area contributed by atoms with Gasteiger partial charge in [0.2, 0.25) is 5.95 Å². The molecule has 0 spiro atoms. The summed E-state index contributed by atoms with van der Waals surface area (Å²) >= 11 is 0. The van der Waals surface area contributed by atoms with Crippen LogP contribution in [-0.4, -0.2) is 4.98 Å². The van der Waals surface area contributed by atoms with E-state index >= 15 is 0 Å². The molecule has 1 aromatic heterocycles. The van der Waals surface area contributed by atoms with Gasteiger partial charge in [-0.2, -0.15) is 4.39 Å². The highest BCUT2D eigenvalue weighted by molar-refractivity contribution is 5.70. The van der Waals surface area contributed by atoms with Crippen LogP contribution in [-0.2, 0) is 12.8 Å². The van der Waals surface area contributed by atoms with Gasteiger partial charge in [0.15, 0.2) is 0 Å². The molecule has 3 rings (SSSR count). The monoisotopic (exact) mass is 431 g/mol. The summed E-state index contributed by atoms with van der Waals surface area (Å²) in [5, 5.41) is 0. The van der Waals surface area contributed by atoms with Gasteiger partial charge in [-0.05, 0) is 60.1 Å². The summed E-state index contributed by atoms with van der Waals surface area (Å²) in [5.74, 6) is -0.365. The lowest BCUT2D eigenvalue weighted by atomic mass is 9.98. The average Bonchev–Trinajstić information content (AvgIpc) is 2.82. The Labute approximate surface area is 194 Å². The Kier molecular flexibility index (Phi) is 9.94. The second-order valence-corrected chi connectivity index (χ2v) is 8.89. The molecule has 0 unspecified atom stereocenters. The van der Waals surface area contributed by atoms with Crippen molar-refractivity contribution < 1.29 is 4.39 Å². The van der Waals surface area contributed by atoms with Gasteiger partial charge in [-0.25, -0.2) is 4.98 Å². The molecule has 0 amide bonds. The van der Waals surface area contributed by atoms with E-state index in [1.807, 2.05) is 24.3 Å². The molecular weight excluding hydrogens is 393 g/mol. The smallest absolute Gasteiger partial charge is 0.220 e. The topological polar surface area (TPSA) is 12.9 Å². The van der Waals surface area contributed by atoms with Crippen molar-refractivity contribution in [3.8, 4) is 22.3 Å². The Bertz CT molecular complexity index is 928. The summed E-state index contributed by atoms with van der Waals surface area (Å²) in [6, 6.07) is 20.9. The largest absolute Gasteiger partial charge is 0.224 e. The molecule has 0 saturated heterocycles. The Morgan fingerprint density at radius 2 is 1.09 bits per heavy atom. The van der Waals surface area contributed by atoms with Gasteiger partial charge < -0.3 is 0 Å². The van der Waals surface area contributed by atoms with Gasteiger partial charge in [-0.15, -0.1) is 0 Å². The van der Waals surface area contributed by atoms with E-state index in [-0.39, 0.29) is 5.95 Å². The van der Waals surface area contributed by atoms with E-state index in [1.54, 1.807) is 0 Å². The fraction of sp³-hybridized carbons (Fsp3) is 0.433. The van der Waals surface area contributed by atoms with Crippen molar-refractivity contribution in [2.75, 3.05) is 0 Å². The molecule has 0 aliphatic carbocycles. The molecule has 1 nitrogen and oxygen atoms in total. The molecule has 0 saturated carbocycles. The van der Waals surface area contributed by atoms with Crippen LogP contribution in [0.3, 0.4) is 0 Å². The van der Waals surface area contributed by atoms with Gasteiger partial charge in [-0.3, -0.25) is 0 Å². The molecule has 0 aliphatic rings. The van der Waals surface area contributed by atoms with E-state index < -0.39 is 0 Å².